The second-order valence-electron chi connectivity index (χ2n) is 5.00. The van der Waals surface area contributed by atoms with Crippen LogP contribution in [-0.4, -0.2) is 36.5 Å². The summed E-state index contributed by atoms with van der Waals surface area (Å²) in [5.41, 5.74) is 0.707. The number of benzene rings is 1. The van der Waals surface area contributed by atoms with Gasteiger partial charge in [-0.25, -0.2) is 0 Å². The molecule has 1 aliphatic rings. The van der Waals surface area contributed by atoms with Crippen molar-refractivity contribution in [3.63, 3.8) is 0 Å². The monoisotopic (exact) mass is 324 g/mol. The molecule has 1 N–H and O–H groups in total. The topological polar surface area (TPSA) is 32.3 Å². The molecule has 0 radical (unpaired) electrons. The average molecular weight is 325 g/mol. The van der Waals surface area contributed by atoms with E-state index in [4.69, 9.17) is 0 Å². The fourth-order valence-corrected chi connectivity index (χ4v) is 3.05. The Morgan fingerprint density at radius 1 is 1.37 bits per heavy atom. The van der Waals surface area contributed by atoms with Crippen LogP contribution in [0.5, 0.6) is 0 Å². The molecule has 1 atom stereocenters. The van der Waals surface area contributed by atoms with E-state index >= 15 is 0 Å². The lowest BCUT2D eigenvalue weighted by Gasteiger charge is -2.26. The van der Waals surface area contributed by atoms with Crippen LogP contribution in [0.15, 0.2) is 28.7 Å². The largest absolute Gasteiger partial charge is 0.350 e. The maximum Gasteiger partial charge on any atom is 0.252 e. The summed E-state index contributed by atoms with van der Waals surface area (Å²) in [5, 5.41) is 3.06. The fraction of sp³-hybridized carbons (Fsp3) is 0.533. The zero-order valence-electron chi connectivity index (χ0n) is 11.4. The Morgan fingerprint density at radius 3 is 2.68 bits per heavy atom. The van der Waals surface area contributed by atoms with E-state index in [9.17, 15) is 4.79 Å². The van der Waals surface area contributed by atoms with Crippen LogP contribution >= 0.6 is 15.9 Å². The summed E-state index contributed by atoms with van der Waals surface area (Å²) in [6, 6.07) is 8.01. The first-order valence-electron chi connectivity index (χ1n) is 6.99. The summed E-state index contributed by atoms with van der Waals surface area (Å²) < 4.78 is 0.849. The minimum absolute atomic E-state index is 0.00474. The molecule has 1 unspecified atom stereocenters. The van der Waals surface area contributed by atoms with Gasteiger partial charge in [0.25, 0.3) is 5.91 Å². The van der Waals surface area contributed by atoms with Crippen molar-refractivity contribution in [2.45, 2.75) is 32.2 Å². The van der Waals surface area contributed by atoms with Gasteiger partial charge in [0.05, 0.1) is 5.56 Å². The Morgan fingerprint density at radius 2 is 2.05 bits per heavy atom. The number of hydrogen-bond acceptors (Lipinski definition) is 2. The van der Waals surface area contributed by atoms with Gasteiger partial charge >= 0.3 is 0 Å². The molecule has 1 aromatic carbocycles. The molecule has 3 nitrogen and oxygen atoms in total. The van der Waals surface area contributed by atoms with Crippen LogP contribution in [0.3, 0.4) is 0 Å². The number of rotatable bonds is 5. The molecule has 0 aromatic heterocycles. The van der Waals surface area contributed by atoms with Crippen LogP contribution in [0.25, 0.3) is 0 Å². The highest BCUT2D eigenvalue weighted by Crippen LogP contribution is 2.16. The van der Waals surface area contributed by atoms with Crippen LogP contribution in [0.4, 0.5) is 0 Å². The Balaban J connectivity index is 1.90. The summed E-state index contributed by atoms with van der Waals surface area (Å²) in [6.45, 7) is 5.26. The summed E-state index contributed by atoms with van der Waals surface area (Å²) in [7, 11) is 0. The molecule has 104 valence electrons. The van der Waals surface area contributed by atoms with E-state index in [2.05, 4.69) is 33.1 Å². The van der Waals surface area contributed by atoms with Crippen LogP contribution in [0.1, 0.15) is 36.5 Å². The number of nitrogens with one attached hydrogen (secondary N) is 1. The second kappa shape index (κ2) is 7.06. The molecule has 1 amide bonds. The Bertz CT molecular complexity index is 430. The van der Waals surface area contributed by atoms with Crippen molar-refractivity contribution in [3.8, 4) is 0 Å². The normalized spacial score (nSPS) is 17.4. The van der Waals surface area contributed by atoms with Gasteiger partial charge in [0.1, 0.15) is 0 Å². The number of amides is 1. The average Bonchev–Trinajstić information content (AvgIpc) is 2.94. The first-order valence-corrected chi connectivity index (χ1v) is 7.78. The van der Waals surface area contributed by atoms with Crippen LogP contribution in [0, 0.1) is 0 Å². The van der Waals surface area contributed by atoms with Gasteiger partial charge in [-0.15, -0.1) is 0 Å². The standard InChI is InChI=1S/C15H21BrN2O/c1-2-12(18-9-5-6-10-18)11-17-15(19)13-7-3-4-8-14(13)16/h3-4,7-8,12H,2,5-6,9-11H2,1H3,(H,17,19). The number of likely N-dealkylation sites (tertiary alicyclic amines) is 1. The summed E-state index contributed by atoms with van der Waals surface area (Å²) >= 11 is 3.42. The molecule has 1 heterocycles. The van der Waals surface area contributed by atoms with Crippen molar-refractivity contribution >= 4 is 21.8 Å². The van der Waals surface area contributed by atoms with E-state index in [-0.39, 0.29) is 5.91 Å². The zero-order chi connectivity index (χ0) is 13.7. The minimum atomic E-state index is 0.00474. The molecular weight excluding hydrogens is 304 g/mol. The molecule has 1 fully saturated rings. The summed E-state index contributed by atoms with van der Waals surface area (Å²) in [6.07, 6.45) is 3.65. The third-order valence-corrected chi connectivity index (χ3v) is 4.44. The highest BCUT2D eigenvalue weighted by atomic mass is 79.9. The van der Waals surface area contributed by atoms with Crippen LogP contribution < -0.4 is 5.32 Å². The molecule has 1 aromatic rings. The van der Waals surface area contributed by atoms with Gasteiger partial charge in [-0.05, 0) is 60.4 Å². The van der Waals surface area contributed by atoms with Crippen molar-refractivity contribution in [1.29, 1.82) is 0 Å². The van der Waals surface area contributed by atoms with E-state index in [1.54, 1.807) is 0 Å². The third kappa shape index (κ3) is 3.80. The molecule has 0 saturated carbocycles. The highest BCUT2D eigenvalue weighted by molar-refractivity contribution is 9.10. The highest BCUT2D eigenvalue weighted by Gasteiger charge is 2.21. The lowest BCUT2D eigenvalue weighted by molar-refractivity contribution is 0.0936. The van der Waals surface area contributed by atoms with Gasteiger partial charge in [0.15, 0.2) is 0 Å². The van der Waals surface area contributed by atoms with Gasteiger partial charge in [0.2, 0.25) is 0 Å². The zero-order valence-corrected chi connectivity index (χ0v) is 12.9. The van der Waals surface area contributed by atoms with Gasteiger partial charge in [-0.2, -0.15) is 0 Å². The van der Waals surface area contributed by atoms with Crippen molar-refractivity contribution in [2.24, 2.45) is 0 Å². The van der Waals surface area contributed by atoms with Crippen LogP contribution in [-0.2, 0) is 0 Å². The Labute approximate surface area is 123 Å². The smallest absolute Gasteiger partial charge is 0.252 e. The van der Waals surface area contributed by atoms with Crippen molar-refractivity contribution in [3.05, 3.63) is 34.3 Å². The molecular formula is C15H21BrN2O. The Hall–Kier alpha value is -0.870. The minimum Gasteiger partial charge on any atom is -0.350 e. The molecule has 0 aliphatic carbocycles. The fourth-order valence-electron chi connectivity index (χ4n) is 2.59. The number of halogens is 1. The first kappa shape index (κ1) is 14.5. The lowest BCUT2D eigenvalue weighted by atomic mass is 10.1. The molecule has 1 saturated heterocycles. The predicted molar refractivity (Wildman–Crippen MR) is 81.4 cm³/mol. The van der Waals surface area contributed by atoms with E-state index in [0.717, 1.165) is 17.4 Å². The van der Waals surface area contributed by atoms with E-state index < -0.39 is 0 Å². The van der Waals surface area contributed by atoms with E-state index in [1.165, 1.54) is 25.9 Å². The number of hydrogen-bond donors (Lipinski definition) is 1. The summed E-state index contributed by atoms with van der Waals surface area (Å²) in [4.78, 5) is 14.6. The van der Waals surface area contributed by atoms with Gasteiger partial charge in [0, 0.05) is 17.1 Å². The maximum absolute atomic E-state index is 12.1. The molecule has 19 heavy (non-hydrogen) atoms. The first-order chi connectivity index (χ1) is 9.22. The van der Waals surface area contributed by atoms with Crippen molar-refractivity contribution < 1.29 is 4.79 Å². The molecule has 0 bridgehead atoms. The number of carbonyl (C=O) groups is 1. The van der Waals surface area contributed by atoms with Gasteiger partial charge in [-0.1, -0.05) is 19.1 Å². The molecule has 2 rings (SSSR count). The van der Waals surface area contributed by atoms with E-state index in [0.29, 0.717) is 11.6 Å². The van der Waals surface area contributed by atoms with Crippen molar-refractivity contribution in [1.82, 2.24) is 10.2 Å². The number of carbonyl (C=O) groups excluding carboxylic acids is 1. The van der Waals surface area contributed by atoms with E-state index in [1.807, 2.05) is 24.3 Å². The quantitative estimate of drug-likeness (QED) is 0.902. The predicted octanol–water partition coefficient (Wildman–Crippen LogP) is 3.05. The Kier molecular flexibility index (Phi) is 5.40. The number of nitrogens with zero attached hydrogens (tertiary/aromatic N) is 1. The molecule has 0 spiro atoms. The summed E-state index contributed by atoms with van der Waals surface area (Å²) in [5.74, 6) is 0.00474. The molecule has 1 aliphatic heterocycles. The van der Waals surface area contributed by atoms with Crippen molar-refractivity contribution in [2.75, 3.05) is 19.6 Å². The third-order valence-electron chi connectivity index (χ3n) is 3.75. The van der Waals surface area contributed by atoms with Gasteiger partial charge in [-0.3, -0.25) is 9.69 Å². The van der Waals surface area contributed by atoms with Crippen LogP contribution in [0.2, 0.25) is 0 Å². The lowest BCUT2D eigenvalue weighted by Crippen LogP contribution is -2.42. The van der Waals surface area contributed by atoms with Gasteiger partial charge < -0.3 is 5.32 Å². The SMILES string of the molecule is CCC(CNC(=O)c1ccccc1Br)N1CCCC1. The second-order valence-corrected chi connectivity index (χ2v) is 5.85. The maximum atomic E-state index is 12.1. The molecule has 4 heteroatoms.